The first-order chi connectivity index (χ1) is 13.9. The molecular weight excluding hydrogens is 380 g/mol. The van der Waals surface area contributed by atoms with Crippen molar-refractivity contribution in [1.82, 2.24) is 25.2 Å². The summed E-state index contributed by atoms with van der Waals surface area (Å²) in [7, 11) is 3.96. The van der Waals surface area contributed by atoms with Crippen LogP contribution in [0, 0.1) is 11.6 Å². The van der Waals surface area contributed by atoms with Crippen LogP contribution in [0.5, 0.6) is 0 Å². The molecule has 3 aromatic rings. The molecule has 0 aliphatic carbocycles. The average Bonchev–Trinajstić information content (AvgIpc) is 3.03. The van der Waals surface area contributed by atoms with Crippen molar-refractivity contribution in [2.24, 2.45) is 0 Å². The number of amides is 1. The topological polar surface area (TPSA) is 82.4 Å². The third-order valence-electron chi connectivity index (χ3n) is 4.59. The molecule has 3 N–H and O–H groups in total. The molecule has 0 radical (unpaired) electrons. The molecule has 2 heterocycles. The van der Waals surface area contributed by atoms with Crippen molar-refractivity contribution >= 4 is 16.8 Å². The molecule has 0 saturated heterocycles. The van der Waals surface area contributed by atoms with Gasteiger partial charge < -0.3 is 14.8 Å². The van der Waals surface area contributed by atoms with E-state index >= 15 is 0 Å². The van der Waals surface area contributed by atoms with Gasteiger partial charge in [0.05, 0.1) is 18.3 Å². The van der Waals surface area contributed by atoms with E-state index in [0.29, 0.717) is 17.6 Å². The molecule has 0 saturated carbocycles. The number of aromatic nitrogens is 2. The van der Waals surface area contributed by atoms with Gasteiger partial charge in [-0.25, -0.2) is 19.2 Å². The third-order valence-corrected chi connectivity index (χ3v) is 4.59. The minimum Gasteiger partial charge on any atom is -0.341 e. The average molecular weight is 403 g/mol. The minimum atomic E-state index is -0.712. The summed E-state index contributed by atoms with van der Waals surface area (Å²) in [5, 5.41) is 13.0. The van der Waals surface area contributed by atoms with Crippen LogP contribution in [0.3, 0.4) is 0 Å². The fourth-order valence-corrected chi connectivity index (χ4v) is 3.07. The molecule has 0 atom stereocenters. The maximum Gasteiger partial charge on any atom is 0.293 e. The highest BCUT2D eigenvalue weighted by Crippen LogP contribution is 2.24. The summed E-state index contributed by atoms with van der Waals surface area (Å²) in [5.74, 6) is -1.96. The number of fused-ring (bicyclic) bond motifs is 1. The Hall–Kier alpha value is -2.88. The number of hydroxylamine groups is 1. The second kappa shape index (κ2) is 9.08. The first-order valence-corrected chi connectivity index (χ1v) is 9.10. The van der Waals surface area contributed by atoms with Gasteiger partial charge in [-0.1, -0.05) is 6.07 Å². The number of hydrogen-bond donors (Lipinski definition) is 3. The van der Waals surface area contributed by atoms with Crippen LogP contribution < -0.4 is 10.8 Å². The number of carbonyl (C=O) groups excluding carboxylic acids is 1. The Kier molecular flexibility index (Phi) is 6.53. The van der Waals surface area contributed by atoms with Crippen LogP contribution in [-0.2, 0) is 13.1 Å². The Morgan fingerprint density at radius 3 is 2.72 bits per heavy atom. The summed E-state index contributed by atoms with van der Waals surface area (Å²) in [5.41, 5.74) is 3.59. The molecule has 29 heavy (non-hydrogen) atoms. The minimum absolute atomic E-state index is 0.0697. The van der Waals surface area contributed by atoms with Gasteiger partial charge in [0.15, 0.2) is 0 Å². The summed E-state index contributed by atoms with van der Waals surface area (Å²) in [6, 6.07) is 5.07. The van der Waals surface area contributed by atoms with Gasteiger partial charge in [-0.05, 0) is 31.8 Å². The van der Waals surface area contributed by atoms with Gasteiger partial charge in [-0.2, -0.15) is 0 Å². The Balaban J connectivity index is 1.95. The number of carbonyl (C=O) groups is 1. The number of pyridine rings is 1. The van der Waals surface area contributed by atoms with Crippen molar-refractivity contribution in [3.8, 4) is 0 Å². The smallest absolute Gasteiger partial charge is 0.293 e. The Morgan fingerprint density at radius 2 is 2.03 bits per heavy atom. The van der Waals surface area contributed by atoms with E-state index in [4.69, 9.17) is 5.21 Å². The van der Waals surface area contributed by atoms with Crippen LogP contribution in [0.15, 0.2) is 36.7 Å². The molecule has 0 aliphatic heterocycles. The maximum absolute atomic E-state index is 14.1. The quantitative estimate of drug-likeness (QED) is 0.305. The van der Waals surface area contributed by atoms with Gasteiger partial charge in [-0.3, -0.25) is 10.0 Å². The van der Waals surface area contributed by atoms with Crippen molar-refractivity contribution in [2.75, 3.05) is 27.2 Å². The molecular formula is C20H23F2N5O2. The van der Waals surface area contributed by atoms with Crippen molar-refractivity contribution < 1.29 is 18.8 Å². The lowest BCUT2D eigenvalue weighted by molar-refractivity contribution is 0.0701. The highest BCUT2D eigenvalue weighted by atomic mass is 19.1. The Bertz CT molecular complexity index is 1020. The predicted octanol–water partition coefficient (Wildman–Crippen LogP) is 2.13. The summed E-state index contributed by atoms with van der Waals surface area (Å²) in [6.45, 7) is 2.35. The number of nitrogens with one attached hydrogen (secondary N) is 2. The summed E-state index contributed by atoms with van der Waals surface area (Å²) >= 11 is 0. The molecule has 0 bridgehead atoms. The Morgan fingerprint density at radius 1 is 1.24 bits per heavy atom. The largest absolute Gasteiger partial charge is 0.341 e. The fourth-order valence-electron chi connectivity index (χ4n) is 3.07. The van der Waals surface area contributed by atoms with Crippen LogP contribution in [0.25, 0.3) is 10.9 Å². The van der Waals surface area contributed by atoms with E-state index in [2.05, 4.69) is 15.2 Å². The second-order valence-electron chi connectivity index (χ2n) is 7.03. The van der Waals surface area contributed by atoms with Gasteiger partial charge in [0.1, 0.15) is 17.3 Å². The molecule has 3 rings (SSSR count). The normalized spacial score (nSPS) is 11.4. The van der Waals surface area contributed by atoms with Crippen LogP contribution in [0.4, 0.5) is 8.78 Å². The number of hydrogen-bond acceptors (Lipinski definition) is 5. The predicted molar refractivity (Wildman–Crippen MR) is 105 cm³/mol. The zero-order valence-corrected chi connectivity index (χ0v) is 16.2. The van der Waals surface area contributed by atoms with Gasteiger partial charge in [-0.15, -0.1) is 0 Å². The van der Waals surface area contributed by atoms with Crippen molar-refractivity contribution in [3.63, 3.8) is 0 Å². The maximum atomic E-state index is 14.1. The zero-order valence-electron chi connectivity index (χ0n) is 16.2. The second-order valence-corrected chi connectivity index (χ2v) is 7.03. The molecule has 154 valence electrons. The lowest BCUT2D eigenvalue weighted by atomic mass is 10.1. The molecule has 9 heteroatoms. The first kappa shape index (κ1) is 20.8. The number of halogens is 2. The van der Waals surface area contributed by atoms with Crippen molar-refractivity contribution in [3.05, 3.63) is 65.1 Å². The molecule has 0 spiro atoms. The van der Waals surface area contributed by atoms with E-state index in [-0.39, 0.29) is 12.2 Å². The van der Waals surface area contributed by atoms with Crippen molar-refractivity contribution in [2.45, 2.75) is 13.1 Å². The Labute approximate surface area is 166 Å². The van der Waals surface area contributed by atoms with Crippen LogP contribution in [-0.4, -0.2) is 52.8 Å². The number of likely N-dealkylation sites (N-methyl/N-ethyl adjacent to an activating group) is 1. The van der Waals surface area contributed by atoms with Gasteiger partial charge in [0.25, 0.3) is 5.91 Å². The zero-order chi connectivity index (χ0) is 21.0. The summed E-state index contributed by atoms with van der Waals surface area (Å²) in [6.07, 6.45) is 3.36. The lowest BCUT2D eigenvalue weighted by Gasteiger charge is -2.10. The SMILES string of the molecule is CN(C)CCNCc1cn(Cc2ccc(F)cc2F)c2cnc(C(=O)NO)cc12. The highest BCUT2D eigenvalue weighted by molar-refractivity contribution is 5.96. The van der Waals surface area contributed by atoms with E-state index in [1.165, 1.54) is 18.3 Å². The molecule has 0 fully saturated rings. The van der Waals surface area contributed by atoms with Crippen LogP contribution >= 0.6 is 0 Å². The lowest BCUT2D eigenvalue weighted by Crippen LogP contribution is -2.26. The molecule has 0 unspecified atom stereocenters. The van der Waals surface area contributed by atoms with E-state index in [1.807, 2.05) is 24.9 Å². The third kappa shape index (κ3) is 4.94. The molecule has 0 aliphatic rings. The van der Waals surface area contributed by atoms with E-state index in [1.54, 1.807) is 11.5 Å². The van der Waals surface area contributed by atoms with Crippen LogP contribution in [0.2, 0.25) is 0 Å². The van der Waals surface area contributed by atoms with Gasteiger partial charge >= 0.3 is 0 Å². The number of benzene rings is 1. The van der Waals surface area contributed by atoms with Gasteiger partial charge in [0, 0.05) is 42.8 Å². The van der Waals surface area contributed by atoms with Crippen molar-refractivity contribution in [1.29, 1.82) is 0 Å². The van der Waals surface area contributed by atoms with E-state index in [0.717, 1.165) is 30.1 Å². The van der Waals surface area contributed by atoms with Crippen LogP contribution in [0.1, 0.15) is 21.6 Å². The van der Waals surface area contributed by atoms with E-state index < -0.39 is 17.5 Å². The number of nitrogens with zero attached hydrogens (tertiary/aromatic N) is 3. The van der Waals surface area contributed by atoms with Gasteiger partial charge in [0.2, 0.25) is 0 Å². The monoisotopic (exact) mass is 403 g/mol. The first-order valence-electron chi connectivity index (χ1n) is 9.10. The standard InChI is InChI=1S/C20H23F2N5O2/c1-26(2)6-5-23-9-14-12-27(11-13-3-4-15(21)7-17(13)22)19-10-24-18(8-16(14)19)20(28)25-29/h3-4,7-8,10,12,23,29H,5-6,9,11H2,1-2H3,(H,25,28). The summed E-state index contributed by atoms with van der Waals surface area (Å²) in [4.78, 5) is 17.9. The molecule has 1 amide bonds. The van der Waals surface area contributed by atoms with E-state index in [9.17, 15) is 13.6 Å². The highest BCUT2D eigenvalue weighted by Gasteiger charge is 2.15. The molecule has 1 aromatic carbocycles. The molecule has 7 nitrogen and oxygen atoms in total. The fraction of sp³-hybridized carbons (Fsp3) is 0.300. The summed E-state index contributed by atoms with van der Waals surface area (Å²) < 4.78 is 29.1. The molecule has 2 aromatic heterocycles. The number of rotatable bonds is 8.